The highest BCUT2D eigenvalue weighted by Crippen LogP contribution is 2.23. The summed E-state index contributed by atoms with van der Waals surface area (Å²) in [6, 6.07) is 14.6. The van der Waals surface area contributed by atoms with Crippen molar-refractivity contribution in [2.75, 3.05) is 5.32 Å². The Hall–Kier alpha value is -2.59. The number of halogens is 1. The van der Waals surface area contributed by atoms with E-state index in [4.69, 9.17) is 11.6 Å². The van der Waals surface area contributed by atoms with Crippen molar-refractivity contribution in [3.8, 4) is 0 Å². The first-order valence-electron chi connectivity index (χ1n) is 7.75. The summed E-state index contributed by atoms with van der Waals surface area (Å²) in [6.45, 7) is 1.97. The van der Waals surface area contributed by atoms with Crippen molar-refractivity contribution < 1.29 is 9.59 Å². The van der Waals surface area contributed by atoms with Gasteiger partial charge in [0.1, 0.15) is 6.54 Å². The number of Topliss-reactive ketones (excluding diaryl/α,β-unsaturated/α-hetero) is 1. The second kappa shape index (κ2) is 6.89. The maximum atomic E-state index is 12.3. The van der Waals surface area contributed by atoms with Gasteiger partial charge in [0.2, 0.25) is 5.91 Å². The molecular weight excluding hydrogens is 324 g/mol. The van der Waals surface area contributed by atoms with E-state index in [0.717, 1.165) is 10.9 Å². The quantitative estimate of drug-likeness (QED) is 0.694. The second-order valence-electron chi connectivity index (χ2n) is 5.52. The van der Waals surface area contributed by atoms with Crippen LogP contribution in [0.4, 0.5) is 5.69 Å². The number of amides is 1. The Bertz CT molecular complexity index is 897. The van der Waals surface area contributed by atoms with Gasteiger partial charge in [-0.05, 0) is 30.3 Å². The number of carbonyl (C=O) groups is 2. The van der Waals surface area contributed by atoms with Crippen LogP contribution in [0.25, 0.3) is 10.9 Å². The van der Waals surface area contributed by atoms with Gasteiger partial charge in [0.05, 0.1) is 0 Å². The van der Waals surface area contributed by atoms with Gasteiger partial charge < -0.3 is 9.88 Å². The Morgan fingerprint density at radius 2 is 1.79 bits per heavy atom. The fourth-order valence-electron chi connectivity index (χ4n) is 2.68. The average Bonchev–Trinajstić information content (AvgIpc) is 2.95. The van der Waals surface area contributed by atoms with Crippen LogP contribution in [0, 0.1) is 0 Å². The number of benzene rings is 2. The van der Waals surface area contributed by atoms with Crippen molar-refractivity contribution in [2.24, 2.45) is 0 Å². The molecule has 2 aromatic carbocycles. The van der Waals surface area contributed by atoms with Crippen molar-refractivity contribution in [1.82, 2.24) is 4.57 Å². The molecule has 0 aliphatic rings. The third kappa shape index (κ3) is 3.34. The number of fused-ring (bicyclic) bond motifs is 1. The molecule has 24 heavy (non-hydrogen) atoms. The molecule has 0 unspecified atom stereocenters. The van der Waals surface area contributed by atoms with Crippen LogP contribution in [0.5, 0.6) is 0 Å². The molecule has 0 saturated heterocycles. The molecule has 5 heteroatoms. The maximum Gasteiger partial charge on any atom is 0.244 e. The minimum atomic E-state index is -0.159. The van der Waals surface area contributed by atoms with Gasteiger partial charge in [-0.25, -0.2) is 0 Å². The van der Waals surface area contributed by atoms with E-state index in [9.17, 15) is 9.59 Å². The summed E-state index contributed by atoms with van der Waals surface area (Å²) >= 11 is 5.84. The third-order valence-electron chi connectivity index (χ3n) is 3.85. The number of anilines is 1. The predicted molar refractivity (Wildman–Crippen MR) is 96.6 cm³/mol. The van der Waals surface area contributed by atoms with E-state index in [0.29, 0.717) is 22.7 Å². The van der Waals surface area contributed by atoms with E-state index < -0.39 is 0 Å². The number of carbonyl (C=O) groups excluding carboxylic acids is 2. The SMILES string of the molecule is CCC(=O)c1cn(CC(=O)Nc2ccc(Cl)cc2)c2ccccc12. The summed E-state index contributed by atoms with van der Waals surface area (Å²) in [7, 11) is 0. The van der Waals surface area contributed by atoms with Crippen LogP contribution in [0.2, 0.25) is 5.02 Å². The van der Waals surface area contributed by atoms with Crippen molar-refractivity contribution in [1.29, 1.82) is 0 Å². The highest BCUT2D eigenvalue weighted by molar-refractivity contribution is 6.30. The van der Waals surface area contributed by atoms with E-state index >= 15 is 0 Å². The molecule has 3 aromatic rings. The van der Waals surface area contributed by atoms with Crippen LogP contribution in [0.3, 0.4) is 0 Å². The van der Waals surface area contributed by atoms with Crippen LogP contribution in [0.15, 0.2) is 54.7 Å². The highest BCUT2D eigenvalue weighted by Gasteiger charge is 2.15. The number of hydrogen-bond acceptors (Lipinski definition) is 2. The van der Waals surface area contributed by atoms with Gasteiger partial charge in [0, 0.05) is 39.8 Å². The average molecular weight is 341 g/mol. The lowest BCUT2D eigenvalue weighted by atomic mass is 10.1. The standard InChI is InChI=1S/C19H17ClN2O2/c1-2-18(23)16-11-22(17-6-4-3-5-15(16)17)12-19(24)21-14-9-7-13(20)8-10-14/h3-11H,2,12H2,1H3,(H,21,24). The Kier molecular flexibility index (Phi) is 4.67. The normalized spacial score (nSPS) is 10.8. The van der Waals surface area contributed by atoms with Gasteiger partial charge in [-0.2, -0.15) is 0 Å². The molecule has 0 bridgehead atoms. The number of ketones is 1. The molecule has 1 amide bonds. The largest absolute Gasteiger partial charge is 0.337 e. The van der Waals surface area contributed by atoms with E-state index in [1.165, 1.54) is 0 Å². The summed E-state index contributed by atoms with van der Waals surface area (Å²) in [5.74, 6) is -0.0865. The molecule has 3 rings (SSSR count). The van der Waals surface area contributed by atoms with Crippen molar-refractivity contribution in [3.05, 3.63) is 65.3 Å². The molecule has 0 saturated carbocycles. The molecule has 4 nitrogen and oxygen atoms in total. The zero-order chi connectivity index (χ0) is 17.1. The molecule has 0 fully saturated rings. The van der Waals surface area contributed by atoms with E-state index in [1.807, 2.05) is 35.8 Å². The second-order valence-corrected chi connectivity index (χ2v) is 5.96. The van der Waals surface area contributed by atoms with Crippen molar-refractivity contribution in [2.45, 2.75) is 19.9 Å². The van der Waals surface area contributed by atoms with Crippen LogP contribution in [-0.4, -0.2) is 16.3 Å². The molecule has 122 valence electrons. The summed E-state index contributed by atoms with van der Waals surface area (Å²) < 4.78 is 1.81. The summed E-state index contributed by atoms with van der Waals surface area (Å²) in [5, 5.41) is 4.33. The lowest BCUT2D eigenvalue weighted by Gasteiger charge is -2.07. The fraction of sp³-hybridized carbons (Fsp3) is 0.158. The molecule has 0 radical (unpaired) electrons. The van der Waals surface area contributed by atoms with Gasteiger partial charge in [-0.1, -0.05) is 36.7 Å². The first kappa shape index (κ1) is 16.3. The smallest absolute Gasteiger partial charge is 0.244 e. The Morgan fingerprint density at radius 1 is 1.08 bits per heavy atom. The molecule has 0 aliphatic carbocycles. The van der Waals surface area contributed by atoms with E-state index in [1.54, 1.807) is 30.5 Å². The molecule has 1 heterocycles. The van der Waals surface area contributed by atoms with Crippen molar-refractivity contribution >= 4 is 39.9 Å². The monoisotopic (exact) mass is 340 g/mol. The molecular formula is C19H17ClN2O2. The van der Waals surface area contributed by atoms with Crippen LogP contribution < -0.4 is 5.32 Å². The van der Waals surface area contributed by atoms with Gasteiger partial charge in [-0.15, -0.1) is 0 Å². The fourth-order valence-corrected chi connectivity index (χ4v) is 2.80. The zero-order valence-corrected chi connectivity index (χ0v) is 14.0. The Labute approximate surface area is 145 Å². The van der Waals surface area contributed by atoms with Gasteiger partial charge >= 0.3 is 0 Å². The van der Waals surface area contributed by atoms with Crippen LogP contribution >= 0.6 is 11.6 Å². The summed E-state index contributed by atoms with van der Waals surface area (Å²) in [5.41, 5.74) is 2.22. The number of rotatable bonds is 5. The summed E-state index contributed by atoms with van der Waals surface area (Å²) in [6.07, 6.45) is 2.20. The third-order valence-corrected chi connectivity index (χ3v) is 4.10. The highest BCUT2D eigenvalue weighted by atomic mass is 35.5. The van der Waals surface area contributed by atoms with Gasteiger partial charge in [0.15, 0.2) is 5.78 Å². The van der Waals surface area contributed by atoms with Crippen molar-refractivity contribution in [3.63, 3.8) is 0 Å². The molecule has 1 aromatic heterocycles. The predicted octanol–water partition coefficient (Wildman–Crippen LogP) is 4.53. The lowest BCUT2D eigenvalue weighted by molar-refractivity contribution is -0.116. The molecule has 1 N–H and O–H groups in total. The topological polar surface area (TPSA) is 51.1 Å². The number of hydrogen-bond donors (Lipinski definition) is 1. The van der Waals surface area contributed by atoms with E-state index in [2.05, 4.69) is 5.32 Å². The number of aromatic nitrogens is 1. The van der Waals surface area contributed by atoms with Gasteiger partial charge in [0.25, 0.3) is 0 Å². The van der Waals surface area contributed by atoms with E-state index in [-0.39, 0.29) is 18.2 Å². The molecule has 0 aliphatic heterocycles. The molecule has 0 atom stereocenters. The summed E-state index contributed by atoms with van der Waals surface area (Å²) in [4.78, 5) is 24.4. The first-order chi connectivity index (χ1) is 11.6. The maximum absolute atomic E-state index is 12.3. The number of nitrogens with zero attached hydrogens (tertiary/aromatic N) is 1. The number of nitrogens with one attached hydrogen (secondary N) is 1. The Morgan fingerprint density at radius 3 is 2.50 bits per heavy atom. The Balaban J connectivity index is 1.85. The minimum Gasteiger partial charge on any atom is -0.337 e. The minimum absolute atomic E-state index is 0.0723. The zero-order valence-electron chi connectivity index (χ0n) is 13.3. The lowest BCUT2D eigenvalue weighted by Crippen LogP contribution is -2.18. The molecule has 0 spiro atoms. The van der Waals surface area contributed by atoms with Crippen LogP contribution in [-0.2, 0) is 11.3 Å². The van der Waals surface area contributed by atoms with Crippen LogP contribution in [0.1, 0.15) is 23.7 Å². The van der Waals surface area contributed by atoms with Gasteiger partial charge in [-0.3, -0.25) is 9.59 Å². The first-order valence-corrected chi connectivity index (χ1v) is 8.12. The number of para-hydroxylation sites is 1.